The number of hydrogen-bond acceptors (Lipinski definition) is 6. The summed E-state index contributed by atoms with van der Waals surface area (Å²) in [6.07, 6.45) is 3.97. The Labute approximate surface area is 151 Å². The number of nitrogens with one attached hydrogen (secondary N) is 2. The molecule has 2 aromatic rings. The fourth-order valence-electron chi connectivity index (χ4n) is 2.94. The van der Waals surface area contributed by atoms with E-state index in [0.29, 0.717) is 23.7 Å². The molecule has 2 heterocycles. The van der Waals surface area contributed by atoms with Crippen molar-refractivity contribution >= 4 is 28.2 Å². The molecular weight excluding hydrogens is 340 g/mol. The lowest BCUT2D eigenvalue weighted by atomic mass is 10.2. The second-order valence-electron chi connectivity index (χ2n) is 5.71. The maximum Gasteiger partial charge on any atom is 0.319 e. The highest BCUT2D eigenvalue weighted by Gasteiger charge is 2.26. The molecule has 1 aromatic carbocycles. The molecule has 3 rings (SSSR count). The van der Waals surface area contributed by atoms with Gasteiger partial charge in [0.2, 0.25) is 0 Å². The van der Waals surface area contributed by atoms with Crippen LogP contribution in [0.2, 0.25) is 0 Å². The third kappa shape index (κ3) is 4.14. The minimum Gasteiger partial charge on any atom is -0.497 e. The van der Waals surface area contributed by atoms with Gasteiger partial charge in [-0.3, -0.25) is 0 Å². The van der Waals surface area contributed by atoms with Gasteiger partial charge in [-0.1, -0.05) is 0 Å². The molecule has 0 bridgehead atoms. The van der Waals surface area contributed by atoms with E-state index in [4.69, 9.17) is 9.47 Å². The molecule has 0 radical (unpaired) electrons. The Morgan fingerprint density at radius 3 is 3.00 bits per heavy atom. The fourth-order valence-corrected chi connectivity index (χ4v) is 3.68. The van der Waals surface area contributed by atoms with E-state index in [1.165, 1.54) is 0 Å². The summed E-state index contributed by atoms with van der Waals surface area (Å²) >= 11 is 1.63. The van der Waals surface area contributed by atoms with Crippen molar-refractivity contribution in [2.75, 3.05) is 37.5 Å². The summed E-state index contributed by atoms with van der Waals surface area (Å²) in [5, 5.41) is 8.76. The second-order valence-corrected chi connectivity index (χ2v) is 6.58. The van der Waals surface area contributed by atoms with Crippen molar-refractivity contribution < 1.29 is 14.3 Å². The lowest BCUT2D eigenvalue weighted by molar-refractivity contribution is 0.251. The van der Waals surface area contributed by atoms with Gasteiger partial charge < -0.3 is 25.0 Å². The molecule has 0 spiro atoms. The third-order valence-corrected chi connectivity index (χ3v) is 5.01. The zero-order chi connectivity index (χ0) is 17.6. The average Bonchev–Trinajstić information content (AvgIpc) is 3.31. The molecular formula is C17H22N4O3S. The van der Waals surface area contributed by atoms with E-state index in [0.717, 1.165) is 24.5 Å². The number of urea groups is 1. The monoisotopic (exact) mass is 362 g/mol. The summed E-state index contributed by atoms with van der Waals surface area (Å²) in [6.45, 7) is 1.55. The van der Waals surface area contributed by atoms with Gasteiger partial charge in [-0.2, -0.15) is 0 Å². The Hall–Kier alpha value is -2.48. The second kappa shape index (κ2) is 8.06. The van der Waals surface area contributed by atoms with Crippen LogP contribution in [0.15, 0.2) is 29.8 Å². The van der Waals surface area contributed by atoms with Crippen LogP contribution in [0.5, 0.6) is 11.5 Å². The lowest BCUT2D eigenvalue weighted by Crippen LogP contribution is -2.41. The maximum absolute atomic E-state index is 12.2. The molecule has 134 valence electrons. The Morgan fingerprint density at radius 1 is 1.40 bits per heavy atom. The summed E-state index contributed by atoms with van der Waals surface area (Å²) in [6, 6.07) is 5.29. The van der Waals surface area contributed by atoms with E-state index in [1.54, 1.807) is 43.8 Å². The van der Waals surface area contributed by atoms with Gasteiger partial charge in [-0.15, -0.1) is 11.3 Å². The molecule has 8 heteroatoms. The van der Waals surface area contributed by atoms with Gasteiger partial charge in [0.1, 0.15) is 11.5 Å². The van der Waals surface area contributed by atoms with Crippen LogP contribution in [0.25, 0.3) is 0 Å². The number of amides is 2. The van der Waals surface area contributed by atoms with Gasteiger partial charge in [0.25, 0.3) is 0 Å². The highest BCUT2D eigenvalue weighted by Crippen LogP contribution is 2.29. The summed E-state index contributed by atoms with van der Waals surface area (Å²) in [5.41, 5.74) is 0.601. The molecule has 2 N–H and O–H groups in total. The van der Waals surface area contributed by atoms with Crippen molar-refractivity contribution in [1.82, 2.24) is 10.3 Å². The molecule has 1 saturated heterocycles. The largest absolute Gasteiger partial charge is 0.497 e. The normalized spacial score (nSPS) is 16.6. The maximum atomic E-state index is 12.2. The number of anilines is 2. The van der Waals surface area contributed by atoms with Crippen LogP contribution in [0, 0.1) is 0 Å². The van der Waals surface area contributed by atoms with E-state index in [9.17, 15) is 4.79 Å². The fraction of sp³-hybridized carbons (Fsp3) is 0.412. The molecule has 1 unspecified atom stereocenters. The Balaban J connectivity index is 1.56. The highest BCUT2D eigenvalue weighted by atomic mass is 32.1. The van der Waals surface area contributed by atoms with E-state index >= 15 is 0 Å². The summed E-state index contributed by atoms with van der Waals surface area (Å²) < 4.78 is 10.5. The van der Waals surface area contributed by atoms with Gasteiger partial charge >= 0.3 is 6.03 Å². The first kappa shape index (κ1) is 17.3. The van der Waals surface area contributed by atoms with E-state index < -0.39 is 0 Å². The third-order valence-electron chi connectivity index (χ3n) is 4.20. The van der Waals surface area contributed by atoms with Gasteiger partial charge in [0, 0.05) is 36.8 Å². The van der Waals surface area contributed by atoms with Crippen LogP contribution in [0.1, 0.15) is 12.8 Å². The Bertz CT molecular complexity index is 708. The molecule has 25 heavy (non-hydrogen) atoms. The number of methoxy groups -OCH3 is 2. The summed E-state index contributed by atoms with van der Waals surface area (Å²) in [4.78, 5) is 18.9. The zero-order valence-electron chi connectivity index (χ0n) is 14.3. The number of benzene rings is 1. The van der Waals surface area contributed by atoms with Crippen molar-refractivity contribution in [3.63, 3.8) is 0 Å². The number of ether oxygens (including phenoxy) is 2. The minimum atomic E-state index is -0.255. The van der Waals surface area contributed by atoms with E-state index in [1.807, 2.05) is 11.6 Å². The smallest absolute Gasteiger partial charge is 0.319 e. The first-order valence-corrected chi connectivity index (χ1v) is 9.02. The van der Waals surface area contributed by atoms with Crippen molar-refractivity contribution in [3.8, 4) is 11.5 Å². The highest BCUT2D eigenvalue weighted by molar-refractivity contribution is 7.13. The van der Waals surface area contributed by atoms with Crippen LogP contribution in [0.3, 0.4) is 0 Å². The first-order valence-electron chi connectivity index (χ1n) is 8.14. The zero-order valence-corrected chi connectivity index (χ0v) is 15.1. The molecule has 1 fully saturated rings. The van der Waals surface area contributed by atoms with Crippen molar-refractivity contribution in [2.45, 2.75) is 18.9 Å². The van der Waals surface area contributed by atoms with Crippen LogP contribution in [-0.2, 0) is 0 Å². The molecule has 1 aromatic heterocycles. The van der Waals surface area contributed by atoms with Crippen molar-refractivity contribution in [2.24, 2.45) is 0 Å². The number of carbonyl (C=O) groups excluding carboxylic acids is 1. The topological polar surface area (TPSA) is 75.7 Å². The van der Waals surface area contributed by atoms with Gasteiger partial charge in [-0.25, -0.2) is 9.78 Å². The van der Waals surface area contributed by atoms with Crippen molar-refractivity contribution in [1.29, 1.82) is 0 Å². The molecule has 0 saturated carbocycles. The predicted molar refractivity (Wildman–Crippen MR) is 99.0 cm³/mol. The first-order chi connectivity index (χ1) is 12.2. The predicted octanol–water partition coefficient (Wildman–Crippen LogP) is 2.95. The number of carbonyl (C=O) groups is 1. The minimum absolute atomic E-state index is 0.255. The van der Waals surface area contributed by atoms with Crippen LogP contribution < -0.4 is 25.0 Å². The number of nitrogens with zero attached hydrogens (tertiary/aromatic N) is 2. The lowest BCUT2D eigenvalue weighted by Gasteiger charge is -2.24. The van der Waals surface area contributed by atoms with Gasteiger partial charge in [0.05, 0.1) is 19.9 Å². The van der Waals surface area contributed by atoms with E-state index in [-0.39, 0.29) is 12.1 Å². The number of hydrogen-bond donors (Lipinski definition) is 2. The average molecular weight is 362 g/mol. The number of aromatic nitrogens is 1. The Morgan fingerprint density at radius 2 is 2.28 bits per heavy atom. The van der Waals surface area contributed by atoms with Gasteiger partial charge in [-0.05, 0) is 25.0 Å². The molecule has 1 atom stereocenters. The van der Waals surface area contributed by atoms with Crippen LogP contribution in [0.4, 0.5) is 15.6 Å². The molecule has 1 aliphatic rings. The summed E-state index contributed by atoms with van der Waals surface area (Å²) in [7, 11) is 3.15. The quantitative estimate of drug-likeness (QED) is 0.826. The number of thiazole rings is 1. The molecule has 7 nitrogen and oxygen atoms in total. The van der Waals surface area contributed by atoms with Crippen LogP contribution >= 0.6 is 11.3 Å². The van der Waals surface area contributed by atoms with E-state index in [2.05, 4.69) is 20.5 Å². The van der Waals surface area contributed by atoms with Crippen molar-refractivity contribution in [3.05, 3.63) is 29.8 Å². The number of rotatable bonds is 6. The van der Waals surface area contributed by atoms with Gasteiger partial charge in [0.15, 0.2) is 5.13 Å². The molecule has 2 amide bonds. The SMILES string of the molecule is COc1ccc(NC(=O)NCC2CCCN2c2nccs2)c(OC)c1. The molecule has 1 aliphatic heterocycles. The Kier molecular flexibility index (Phi) is 5.60. The summed E-state index contributed by atoms with van der Waals surface area (Å²) in [5.74, 6) is 1.23. The van der Waals surface area contributed by atoms with Crippen LogP contribution in [-0.4, -0.2) is 44.4 Å². The molecule has 0 aliphatic carbocycles. The standard InChI is InChI=1S/C17H22N4O3S/c1-23-13-5-6-14(15(10-13)24-2)20-16(22)19-11-12-4-3-8-21(12)17-18-7-9-25-17/h5-7,9-10,12H,3-4,8,11H2,1-2H3,(H2,19,20,22).